The molecule has 1 aliphatic heterocycles. The Labute approximate surface area is 171 Å². The first kappa shape index (κ1) is 17.9. The van der Waals surface area contributed by atoms with Gasteiger partial charge in [-0.05, 0) is 70.6 Å². The van der Waals surface area contributed by atoms with Crippen LogP contribution in [0, 0.1) is 35.5 Å². The van der Waals surface area contributed by atoms with E-state index in [1.165, 1.54) is 6.21 Å². The van der Waals surface area contributed by atoms with Crippen LogP contribution < -0.4 is 9.47 Å². The van der Waals surface area contributed by atoms with Crippen molar-refractivity contribution < 1.29 is 19.1 Å². The summed E-state index contributed by atoms with van der Waals surface area (Å²) in [5.41, 5.74) is 0.714. The molecule has 1 saturated heterocycles. The molecule has 7 heteroatoms. The average Bonchev–Trinajstić information content (AvgIpc) is 3.47. The van der Waals surface area contributed by atoms with Crippen molar-refractivity contribution in [3.05, 3.63) is 34.3 Å². The van der Waals surface area contributed by atoms with E-state index in [0.29, 0.717) is 35.5 Å². The molecule has 0 radical (unpaired) electrons. The number of ether oxygens (including phenoxy) is 2. The topological polar surface area (TPSA) is 68.2 Å². The highest BCUT2D eigenvalue weighted by Crippen LogP contribution is 2.65. The lowest BCUT2D eigenvalue weighted by Crippen LogP contribution is -2.40. The van der Waals surface area contributed by atoms with Gasteiger partial charge in [0.15, 0.2) is 11.5 Å². The summed E-state index contributed by atoms with van der Waals surface area (Å²) in [6.07, 6.45) is 7.00. The maximum Gasteiger partial charge on any atom is 0.254 e. The lowest BCUT2D eigenvalue weighted by atomic mass is 9.63. The van der Waals surface area contributed by atoms with Crippen LogP contribution in [0.15, 0.2) is 33.9 Å². The van der Waals surface area contributed by atoms with Gasteiger partial charge in [0.25, 0.3) is 11.8 Å². The fourth-order valence-electron chi connectivity index (χ4n) is 5.28. The molecule has 2 saturated carbocycles. The Morgan fingerprint density at radius 3 is 2.39 bits per heavy atom. The van der Waals surface area contributed by atoms with Gasteiger partial charge in [-0.3, -0.25) is 9.59 Å². The summed E-state index contributed by atoms with van der Waals surface area (Å²) in [7, 11) is 1.57. The Kier molecular flexibility index (Phi) is 4.12. The molecule has 1 aromatic carbocycles. The number of amides is 2. The molecule has 0 N–H and O–H groups in total. The molecule has 1 aromatic rings. The molecule has 4 aliphatic carbocycles. The number of rotatable bonds is 5. The predicted octanol–water partition coefficient (Wildman–Crippen LogP) is 3.24. The number of hydrazone groups is 1. The lowest BCUT2D eigenvalue weighted by molar-refractivity contribution is -0.140. The number of halogens is 1. The molecule has 6 nitrogen and oxygen atoms in total. The fraction of sp³-hybridized carbons (Fsp3) is 0.476. The van der Waals surface area contributed by atoms with Crippen molar-refractivity contribution in [1.82, 2.24) is 5.01 Å². The van der Waals surface area contributed by atoms with Crippen molar-refractivity contribution in [1.29, 1.82) is 0 Å². The molecule has 3 fully saturated rings. The van der Waals surface area contributed by atoms with Crippen LogP contribution in [0.4, 0.5) is 0 Å². The number of carbonyl (C=O) groups is 2. The Morgan fingerprint density at radius 1 is 1.18 bits per heavy atom. The highest BCUT2D eigenvalue weighted by molar-refractivity contribution is 9.10. The van der Waals surface area contributed by atoms with Crippen LogP contribution in [0.25, 0.3) is 0 Å². The Hall–Kier alpha value is -2.15. The second-order valence-corrected chi connectivity index (χ2v) is 8.71. The first-order chi connectivity index (χ1) is 13.5. The molecule has 2 bridgehead atoms. The van der Waals surface area contributed by atoms with E-state index < -0.39 is 0 Å². The van der Waals surface area contributed by atoms with Gasteiger partial charge in [0.05, 0.1) is 36.2 Å². The van der Waals surface area contributed by atoms with Gasteiger partial charge in [-0.1, -0.05) is 12.2 Å². The number of hydrogen-bond acceptors (Lipinski definition) is 5. The SMILES string of the molecule is CCOc1c(Br)cc(/C=N/N2C(=O)C3C4C=CC(C5CC45)C3C2=O)cc1OC. The van der Waals surface area contributed by atoms with E-state index in [-0.39, 0.29) is 35.5 Å². The lowest BCUT2D eigenvalue weighted by Gasteiger charge is -2.37. The minimum atomic E-state index is -0.231. The van der Waals surface area contributed by atoms with Crippen LogP contribution in [-0.2, 0) is 9.59 Å². The molecule has 146 valence electrons. The summed E-state index contributed by atoms with van der Waals surface area (Å²) in [4.78, 5) is 25.9. The molecule has 1 heterocycles. The second kappa shape index (κ2) is 6.44. The zero-order valence-corrected chi connectivity index (χ0v) is 17.3. The van der Waals surface area contributed by atoms with Gasteiger partial charge in [0.1, 0.15) is 0 Å². The number of methoxy groups -OCH3 is 1. The van der Waals surface area contributed by atoms with E-state index in [1.807, 2.05) is 13.0 Å². The van der Waals surface area contributed by atoms with Crippen molar-refractivity contribution >= 4 is 34.0 Å². The van der Waals surface area contributed by atoms with Gasteiger partial charge >= 0.3 is 0 Å². The molecular formula is C21H21BrN2O4. The minimum absolute atomic E-state index is 0.159. The Balaban J connectivity index is 1.41. The summed E-state index contributed by atoms with van der Waals surface area (Å²) in [6.45, 7) is 2.41. The zero-order chi connectivity index (χ0) is 19.6. The second-order valence-electron chi connectivity index (χ2n) is 7.85. The van der Waals surface area contributed by atoms with Crippen LogP contribution in [0.2, 0.25) is 0 Å². The van der Waals surface area contributed by atoms with Crippen LogP contribution in [0.3, 0.4) is 0 Å². The number of imide groups is 1. The van der Waals surface area contributed by atoms with Crippen LogP contribution >= 0.6 is 15.9 Å². The standard InChI is InChI=1S/C21H21BrN2O4/c1-3-28-19-15(22)6-10(7-16(19)27-2)9-23-24-20(25)17-11-4-5-12(14-8-13(11)14)18(17)21(24)26/h4-7,9,11-14,17-18H,3,8H2,1-2H3/b23-9+. The number of allylic oxidation sites excluding steroid dienone is 2. The predicted molar refractivity (Wildman–Crippen MR) is 106 cm³/mol. The molecule has 0 spiro atoms. The monoisotopic (exact) mass is 444 g/mol. The zero-order valence-electron chi connectivity index (χ0n) is 15.7. The maximum atomic E-state index is 13.0. The third kappa shape index (κ3) is 2.48. The summed E-state index contributed by atoms with van der Waals surface area (Å²) >= 11 is 3.48. The molecule has 5 aliphatic rings. The van der Waals surface area contributed by atoms with E-state index in [1.54, 1.807) is 13.2 Å². The van der Waals surface area contributed by atoms with E-state index in [4.69, 9.17) is 9.47 Å². The molecule has 2 amide bonds. The van der Waals surface area contributed by atoms with Crippen molar-refractivity contribution in [2.75, 3.05) is 13.7 Å². The number of nitrogens with zero attached hydrogens (tertiary/aromatic N) is 2. The third-order valence-corrected chi connectivity index (χ3v) is 7.09. The highest BCUT2D eigenvalue weighted by Gasteiger charge is 2.67. The van der Waals surface area contributed by atoms with E-state index in [0.717, 1.165) is 15.9 Å². The molecule has 6 atom stereocenters. The smallest absolute Gasteiger partial charge is 0.254 e. The van der Waals surface area contributed by atoms with Gasteiger partial charge in [-0.25, -0.2) is 0 Å². The van der Waals surface area contributed by atoms with Gasteiger partial charge in [-0.2, -0.15) is 10.1 Å². The Bertz CT molecular complexity index is 891. The van der Waals surface area contributed by atoms with Crippen molar-refractivity contribution in [3.63, 3.8) is 0 Å². The van der Waals surface area contributed by atoms with Crippen molar-refractivity contribution in [3.8, 4) is 11.5 Å². The quantitative estimate of drug-likeness (QED) is 0.397. The number of hydrogen-bond donors (Lipinski definition) is 0. The van der Waals surface area contributed by atoms with Crippen molar-refractivity contribution in [2.45, 2.75) is 13.3 Å². The minimum Gasteiger partial charge on any atom is -0.493 e. The number of carbonyl (C=O) groups excluding carboxylic acids is 2. The molecular weight excluding hydrogens is 424 g/mol. The van der Waals surface area contributed by atoms with Crippen LogP contribution in [-0.4, -0.2) is 36.8 Å². The van der Waals surface area contributed by atoms with E-state index in [2.05, 4.69) is 33.2 Å². The van der Waals surface area contributed by atoms with Gasteiger partial charge in [0, 0.05) is 0 Å². The summed E-state index contributed by atoms with van der Waals surface area (Å²) in [6, 6.07) is 3.60. The van der Waals surface area contributed by atoms with E-state index >= 15 is 0 Å². The highest BCUT2D eigenvalue weighted by atomic mass is 79.9. The first-order valence-corrected chi connectivity index (χ1v) is 10.4. The Morgan fingerprint density at radius 2 is 1.82 bits per heavy atom. The maximum absolute atomic E-state index is 13.0. The summed E-state index contributed by atoms with van der Waals surface area (Å²) in [5, 5.41) is 5.36. The average molecular weight is 445 g/mol. The largest absolute Gasteiger partial charge is 0.493 e. The van der Waals surface area contributed by atoms with Crippen LogP contribution in [0.1, 0.15) is 18.9 Å². The van der Waals surface area contributed by atoms with Gasteiger partial charge in [-0.15, -0.1) is 0 Å². The first-order valence-electron chi connectivity index (χ1n) is 9.65. The summed E-state index contributed by atoms with van der Waals surface area (Å²) in [5.74, 6) is 1.98. The summed E-state index contributed by atoms with van der Waals surface area (Å²) < 4.78 is 11.7. The van der Waals surface area contributed by atoms with Crippen LogP contribution in [0.5, 0.6) is 11.5 Å². The molecule has 28 heavy (non-hydrogen) atoms. The normalized spacial score (nSPS) is 34.8. The van der Waals surface area contributed by atoms with E-state index in [9.17, 15) is 9.59 Å². The molecule has 0 aromatic heterocycles. The van der Waals surface area contributed by atoms with Gasteiger partial charge in [0.2, 0.25) is 0 Å². The fourth-order valence-corrected chi connectivity index (χ4v) is 5.85. The van der Waals surface area contributed by atoms with Crippen molar-refractivity contribution in [2.24, 2.45) is 40.6 Å². The number of benzene rings is 1. The molecule has 6 unspecified atom stereocenters. The third-order valence-electron chi connectivity index (χ3n) is 6.50. The van der Waals surface area contributed by atoms with Gasteiger partial charge < -0.3 is 9.47 Å². The molecule has 6 rings (SSSR count).